The van der Waals surface area contributed by atoms with Crippen LogP contribution in [0.3, 0.4) is 0 Å². The van der Waals surface area contributed by atoms with Crippen LogP contribution in [0.1, 0.15) is 41.5 Å². The summed E-state index contributed by atoms with van der Waals surface area (Å²) in [6, 6.07) is 5.94. The third kappa shape index (κ3) is 2.89. The number of amides is 1. The lowest BCUT2D eigenvalue weighted by molar-refractivity contribution is -0.0369. The topological polar surface area (TPSA) is 94.0 Å². The average molecular weight is 428 g/mol. The zero-order chi connectivity index (χ0) is 21.9. The van der Waals surface area contributed by atoms with Gasteiger partial charge in [-0.15, -0.1) is 0 Å². The van der Waals surface area contributed by atoms with E-state index in [1.807, 2.05) is 24.0 Å². The number of pyridine rings is 1. The van der Waals surface area contributed by atoms with Crippen LogP contribution < -0.4 is 4.74 Å². The van der Waals surface area contributed by atoms with Crippen LogP contribution in [0.15, 0.2) is 43.0 Å². The molecule has 2 aliphatic carbocycles. The van der Waals surface area contributed by atoms with E-state index in [4.69, 9.17) is 4.74 Å². The van der Waals surface area contributed by atoms with Crippen molar-refractivity contribution in [3.05, 3.63) is 59.9 Å². The van der Waals surface area contributed by atoms with Crippen LogP contribution >= 0.6 is 0 Å². The molecule has 2 saturated carbocycles. The predicted octanol–water partition coefficient (Wildman–Crippen LogP) is 2.88. The highest BCUT2D eigenvalue weighted by atomic mass is 16.5. The van der Waals surface area contributed by atoms with E-state index >= 15 is 0 Å². The molecule has 0 N–H and O–H groups in total. The molecular formula is C24H24N6O2. The van der Waals surface area contributed by atoms with Gasteiger partial charge in [-0.25, -0.2) is 24.9 Å². The number of aryl methyl sites for hydroxylation is 2. The minimum absolute atomic E-state index is 0.0290. The maximum Gasteiger partial charge on any atom is 0.316 e. The molecule has 0 radical (unpaired) electrons. The smallest absolute Gasteiger partial charge is 0.316 e. The molecule has 3 aliphatic rings. The van der Waals surface area contributed by atoms with Crippen molar-refractivity contribution in [1.29, 1.82) is 0 Å². The number of aromatic nitrogens is 5. The van der Waals surface area contributed by atoms with Crippen molar-refractivity contribution in [2.75, 3.05) is 6.54 Å². The van der Waals surface area contributed by atoms with E-state index < -0.39 is 0 Å². The van der Waals surface area contributed by atoms with Crippen LogP contribution in [0.2, 0.25) is 0 Å². The lowest BCUT2D eigenvalue weighted by Crippen LogP contribution is -2.59. The third-order valence-corrected chi connectivity index (χ3v) is 7.21. The molecule has 1 spiro atoms. The van der Waals surface area contributed by atoms with Gasteiger partial charge in [0, 0.05) is 42.4 Å². The summed E-state index contributed by atoms with van der Waals surface area (Å²) >= 11 is 0. The van der Waals surface area contributed by atoms with E-state index in [1.54, 1.807) is 30.9 Å². The highest BCUT2D eigenvalue weighted by molar-refractivity contribution is 5.99. The SMILES string of the molecule is CCc1cnc(OC2CC34CC3CN(C(=O)c3nc(C)ccc3-c3ncccn3)C24)nc1. The molecule has 0 bridgehead atoms. The van der Waals surface area contributed by atoms with E-state index in [1.165, 1.54) is 0 Å². The molecule has 4 heterocycles. The van der Waals surface area contributed by atoms with Gasteiger partial charge in [0.05, 0.1) is 11.6 Å². The van der Waals surface area contributed by atoms with E-state index in [9.17, 15) is 4.79 Å². The number of piperidine rings is 1. The normalized spacial score (nSPS) is 27.3. The average Bonchev–Trinajstić information content (AvgIpc) is 3.48. The van der Waals surface area contributed by atoms with Crippen LogP contribution in [-0.2, 0) is 6.42 Å². The highest BCUT2D eigenvalue weighted by Gasteiger charge is 2.76. The van der Waals surface area contributed by atoms with Gasteiger partial charge in [-0.3, -0.25) is 4.79 Å². The standard InChI is InChI=1S/C24H24N6O2/c1-3-15-11-27-23(28-12-15)32-18-10-24-9-16(24)13-30(20(18)24)22(31)19-17(6-5-14(2)29-19)21-25-7-4-8-26-21/h4-8,11-12,16,18,20H,3,9-10,13H2,1-2H3. The van der Waals surface area contributed by atoms with Crippen molar-refractivity contribution in [2.24, 2.45) is 11.3 Å². The molecule has 162 valence electrons. The van der Waals surface area contributed by atoms with Gasteiger partial charge in [0.25, 0.3) is 5.91 Å². The molecule has 8 nitrogen and oxygen atoms in total. The summed E-state index contributed by atoms with van der Waals surface area (Å²) in [4.78, 5) is 37.7. The second-order valence-electron chi connectivity index (χ2n) is 9.05. The summed E-state index contributed by atoms with van der Waals surface area (Å²) in [5, 5.41) is 0. The molecule has 0 aromatic carbocycles. The second-order valence-corrected chi connectivity index (χ2v) is 9.05. The first-order valence-electron chi connectivity index (χ1n) is 11.1. The molecule has 32 heavy (non-hydrogen) atoms. The molecule has 8 heteroatoms. The van der Waals surface area contributed by atoms with Gasteiger partial charge in [0.1, 0.15) is 11.8 Å². The monoisotopic (exact) mass is 428 g/mol. The Labute approximate surface area is 186 Å². The Bertz CT molecular complexity index is 1180. The molecule has 1 aliphatic heterocycles. The van der Waals surface area contributed by atoms with Crippen LogP contribution in [0, 0.1) is 18.3 Å². The number of likely N-dealkylation sites (tertiary alicyclic amines) is 1. The van der Waals surface area contributed by atoms with Crippen LogP contribution in [-0.4, -0.2) is 54.4 Å². The second kappa shape index (κ2) is 7.05. The van der Waals surface area contributed by atoms with E-state index in [-0.39, 0.29) is 23.5 Å². The largest absolute Gasteiger partial charge is 0.458 e. The van der Waals surface area contributed by atoms with Gasteiger partial charge in [-0.2, -0.15) is 0 Å². The molecule has 1 saturated heterocycles. The molecule has 6 rings (SSSR count). The van der Waals surface area contributed by atoms with Crippen LogP contribution in [0.25, 0.3) is 11.4 Å². The van der Waals surface area contributed by atoms with Crippen molar-refractivity contribution in [3.8, 4) is 17.4 Å². The molecule has 3 fully saturated rings. The Balaban J connectivity index is 1.29. The zero-order valence-electron chi connectivity index (χ0n) is 18.1. The summed E-state index contributed by atoms with van der Waals surface area (Å²) < 4.78 is 6.15. The number of carbonyl (C=O) groups excluding carboxylic acids is 1. The van der Waals surface area contributed by atoms with Gasteiger partial charge in [0.2, 0.25) is 0 Å². The van der Waals surface area contributed by atoms with E-state index in [0.29, 0.717) is 29.0 Å². The summed E-state index contributed by atoms with van der Waals surface area (Å²) in [7, 11) is 0. The zero-order valence-corrected chi connectivity index (χ0v) is 18.1. The van der Waals surface area contributed by atoms with E-state index in [0.717, 1.165) is 37.1 Å². The van der Waals surface area contributed by atoms with Gasteiger partial charge < -0.3 is 9.64 Å². The highest BCUT2D eigenvalue weighted by Crippen LogP contribution is 2.71. The molecule has 3 aromatic rings. The number of hydrogen-bond donors (Lipinski definition) is 0. The maximum absolute atomic E-state index is 13.7. The van der Waals surface area contributed by atoms with Gasteiger partial charge in [-0.05, 0) is 55.9 Å². The third-order valence-electron chi connectivity index (χ3n) is 7.21. The predicted molar refractivity (Wildman–Crippen MR) is 116 cm³/mol. The number of ether oxygens (including phenoxy) is 1. The maximum atomic E-state index is 13.7. The number of nitrogens with zero attached hydrogens (tertiary/aromatic N) is 6. The molecule has 4 atom stereocenters. The fraction of sp³-hybridized carbons (Fsp3) is 0.417. The number of rotatable bonds is 5. The van der Waals surface area contributed by atoms with Crippen molar-refractivity contribution in [1.82, 2.24) is 29.8 Å². The summed E-state index contributed by atoms with van der Waals surface area (Å²) in [5.41, 5.74) is 3.12. The van der Waals surface area contributed by atoms with Gasteiger partial charge in [-0.1, -0.05) is 6.92 Å². The van der Waals surface area contributed by atoms with Crippen molar-refractivity contribution < 1.29 is 9.53 Å². The number of carbonyl (C=O) groups is 1. The first kappa shape index (κ1) is 19.3. The minimum Gasteiger partial charge on any atom is -0.458 e. The fourth-order valence-corrected chi connectivity index (χ4v) is 5.45. The Morgan fingerprint density at radius 3 is 2.69 bits per heavy atom. The molecule has 3 aromatic heterocycles. The Hall–Kier alpha value is -3.42. The quantitative estimate of drug-likeness (QED) is 0.617. The molecule has 1 amide bonds. The fourth-order valence-electron chi connectivity index (χ4n) is 5.45. The summed E-state index contributed by atoms with van der Waals surface area (Å²) in [5.74, 6) is 0.970. The Morgan fingerprint density at radius 1 is 1.16 bits per heavy atom. The molecule has 4 unspecified atom stereocenters. The van der Waals surface area contributed by atoms with E-state index in [2.05, 4.69) is 31.8 Å². The van der Waals surface area contributed by atoms with Gasteiger partial charge >= 0.3 is 6.01 Å². The molecular weight excluding hydrogens is 404 g/mol. The van der Waals surface area contributed by atoms with Crippen molar-refractivity contribution in [2.45, 2.75) is 45.3 Å². The lowest BCUT2D eigenvalue weighted by Gasteiger charge is -2.46. The number of hydrogen-bond acceptors (Lipinski definition) is 7. The van der Waals surface area contributed by atoms with Gasteiger partial charge in [0.15, 0.2) is 5.82 Å². The minimum atomic E-state index is -0.0971. The summed E-state index contributed by atoms with van der Waals surface area (Å²) in [6.45, 7) is 4.70. The Kier molecular flexibility index (Phi) is 4.25. The van der Waals surface area contributed by atoms with Crippen molar-refractivity contribution in [3.63, 3.8) is 0 Å². The first-order valence-corrected chi connectivity index (χ1v) is 11.1. The Morgan fingerprint density at radius 2 is 1.94 bits per heavy atom. The van der Waals surface area contributed by atoms with Crippen molar-refractivity contribution >= 4 is 5.91 Å². The van der Waals surface area contributed by atoms with Crippen LogP contribution in [0.5, 0.6) is 6.01 Å². The first-order chi connectivity index (χ1) is 15.6. The lowest BCUT2D eigenvalue weighted by atomic mass is 9.73. The summed E-state index contributed by atoms with van der Waals surface area (Å²) in [6.07, 6.45) is 9.85. The van der Waals surface area contributed by atoms with Crippen LogP contribution in [0.4, 0.5) is 0 Å².